The lowest BCUT2D eigenvalue weighted by Crippen LogP contribution is -2.24. The minimum atomic E-state index is -0.766. The maximum Gasteiger partial charge on any atom is 0.332 e. The number of hydrogen-bond acceptors (Lipinski definition) is 4. The van der Waals surface area contributed by atoms with E-state index in [0.29, 0.717) is 28.0 Å². The first-order valence-corrected chi connectivity index (χ1v) is 8.78. The number of nitrogens with one attached hydrogen (secondary N) is 1. The van der Waals surface area contributed by atoms with Crippen molar-refractivity contribution >= 4 is 35.4 Å². The molecule has 0 aromatic heterocycles. The van der Waals surface area contributed by atoms with Crippen LogP contribution in [0.4, 0.5) is 4.79 Å². The van der Waals surface area contributed by atoms with Crippen LogP contribution in [0.25, 0.3) is 0 Å². The predicted octanol–water partition coefficient (Wildman–Crippen LogP) is 4.18. The minimum absolute atomic E-state index is 0.262. The van der Waals surface area contributed by atoms with Gasteiger partial charge in [0, 0.05) is 0 Å². The monoisotopic (exact) mass is 407 g/mol. The van der Waals surface area contributed by atoms with Gasteiger partial charge in [0.2, 0.25) is 0 Å². The topological polar surface area (TPSA) is 85.9 Å². The molecule has 142 valence electrons. The highest BCUT2D eigenvalue weighted by Crippen LogP contribution is 2.33. The minimum Gasteiger partial charge on any atom is -0.490 e. The number of allylic oxidation sites excluding steroid dienone is 1. The van der Waals surface area contributed by atoms with Crippen LogP contribution in [0.15, 0.2) is 54.2 Å². The predicted molar refractivity (Wildman–Crippen MR) is 108 cm³/mol. The van der Waals surface area contributed by atoms with Crippen molar-refractivity contribution in [3.63, 3.8) is 0 Å². The molecule has 2 rings (SSSR count). The zero-order valence-corrected chi connectivity index (χ0v) is 16.0. The summed E-state index contributed by atoms with van der Waals surface area (Å²) in [6.07, 6.45) is 3.91. The molecule has 6 nitrogen and oxygen atoms in total. The summed E-state index contributed by atoms with van der Waals surface area (Å²) in [7, 11) is 0. The summed E-state index contributed by atoms with van der Waals surface area (Å²) in [5, 5.41) is 4.28. The van der Waals surface area contributed by atoms with Crippen LogP contribution >= 0.6 is 23.2 Å². The molecule has 0 fully saturated rings. The average Bonchev–Trinajstić information content (AvgIpc) is 2.61. The number of carbonyl (C=O) groups excluding carboxylic acids is 1. The summed E-state index contributed by atoms with van der Waals surface area (Å²) in [4.78, 5) is 10.6. The number of nitrogens with zero attached hydrogens (tertiary/aromatic N) is 1. The number of para-hydroxylation sites is 1. The highest BCUT2D eigenvalue weighted by molar-refractivity contribution is 6.37. The van der Waals surface area contributed by atoms with E-state index in [1.54, 1.807) is 12.1 Å². The van der Waals surface area contributed by atoms with Crippen molar-refractivity contribution in [3.8, 4) is 11.5 Å². The Bertz CT molecular complexity index is 818. The molecule has 0 radical (unpaired) electrons. The number of hydrogen-bond donors (Lipinski definition) is 2. The van der Waals surface area contributed by atoms with Crippen molar-refractivity contribution in [2.75, 3.05) is 13.2 Å². The maximum absolute atomic E-state index is 10.6. The summed E-state index contributed by atoms with van der Waals surface area (Å²) in [5.41, 5.74) is 8.65. The Balaban J connectivity index is 1.93. The molecular weight excluding hydrogens is 389 g/mol. The van der Waals surface area contributed by atoms with E-state index in [2.05, 4.69) is 17.1 Å². The molecule has 0 saturated carbocycles. The first-order chi connectivity index (χ1) is 13.0. The van der Waals surface area contributed by atoms with Gasteiger partial charge in [-0.15, -0.1) is 6.58 Å². The zero-order valence-electron chi connectivity index (χ0n) is 14.5. The van der Waals surface area contributed by atoms with E-state index < -0.39 is 6.03 Å². The molecule has 8 heteroatoms. The molecule has 2 aromatic rings. The SMILES string of the molecule is C=CCc1ccccc1OCCOc1c(Cl)cc(C=NNC(N)=O)cc1Cl. The third-order valence-corrected chi connectivity index (χ3v) is 3.89. The van der Waals surface area contributed by atoms with Crippen molar-refractivity contribution < 1.29 is 14.3 Å². The number of urea groups is 1. The van der Waals surface area contributed by atoms with Gasteiger partial charge in [-0.1, -0.05) is 47.5 Å². The molecule has 27 heavy (non-hydrogen) atoms. The Morgan fingerprint density at radius 2 is 1.85 bits per heavy atom. The zero-order chi connectivity index (χ0) is 19.6. The van der Waals surface area contributed by atoms with E-state index in [-0.39, 0.29) is 6.61 Å². The number of amides is 2. The number of halogens is 2. The molecule has 0 heterocycles. The fourth-order valence-corrected chi connectivity index (χ4v) is 2.84. The van der Waals surface area contributed by atoms with Crippen LogP contribution in [0.5, 0.6) is 11.5 Å². The largest absolute Gasteiger partial charge is 0.490 e. The summed E-state index contributed by atoms with van der Waals surface area (Å²) >= 11 is 12.4. The number of nitrogens with two attached hydrogens (primary N) is 1. The molecule has 2 amide bonds. The number of carbonyl (C=O) groups is 1. The van der Waals surface area contributed by atoms with Crippen LogP contribution < -0.4 is 20.6 Å². The average molecular weight is 408 g/mol. The van der Waals surface area contributed by atoms with E-state index in [9.17, 15) is 4.79 Å². The number of ether oxygens (including phenoxy) is 2. The van der Waals surface area contributed by atoms with Crippen molar-refractivity contribution in [2.45, 2.75) is 6.42 Å². The number of rotatable bonds is 9. The van der Waals surface area contributed by atoms with Gasteiger partial charge >= 0.3 is 6.03 Å². The van der Waals surface area contributed by atoms with Gasteiger partial charge in [0.05, 0.1) is 16.3 Å². The molecule has 0 aliphatic rings. The van der Waals surface area contributed by atoms with E-state index in [1.807, 2.05) is 30.3 Å². The van der Waals surface area contributed by atoms with Gasteiger partial charge in [0.1, 0.15) is 19.0 Å². The molecule has 0 bridgehead atoms. The van der Waals surface area contributed by atoms with Gasteiger partial charge in [-0.25, -0.2) is 10.2 Å². The van der Waals surface area contributed by atoms with Gasteiger partial charge in [0.25, 0.3) is 0 Å². The van der Waals surface area contributed by atoms with Crippen molar-refractivity contribution in [3.05, 3.63) is 70.2 Å². The third-order valence-electron chi connectivity index (χ3n) is 3.33. The van der Waals surface area contributed by atoms with Crippen LogP contribution in [0, 0.1) is 0 Å². The van der Waals surface area contributed by atoms with Gasteiger partial charge in [0.15, 0.2) is 5.75 Å². The van der Waals surface area contributed by atoms with Crippen molar-refractivity contribution in [1.82, 2.24) is 5.43 Å². The summed E-state index contributed by atoms with van der Waals surface area (Å²) in [6.45, 7) is 4.33. The quantitative estimate of drug-likeness (QED) is 0.283. The lowest BCUT2D eigenvalue weighted by molar-refractivity contribution is 0.216. The number of benzene rings is 2. The molecule has 0 atom stereocenters. The van der Waals surface area contributed by atoms with Crippen LogP contribution in [0.3, 0.4) is 0 Å². The van der Waals surface area contributed by atoms with Crippen LogP contribution in [-0.4, -0.2) is 25.5 Å². The molecule has 0 aliphatic carbocycles. The Hall–Kier alpha value is -2.70. The van der Waals surface area contributed by atoms with Gasteiger partial charge in [-0.3, -0.25) is 0 Å². The first kappa shape index (κ1) is 20.6. The standard InChI is InChI=1S/C19H19Cl2N3O3/c1-2-5-14-6-3-4-7-17(14)26-8-9-27-18-15(20)10-13(11-16(18)21)12-23-24-19(22)25/h2-4,6-7,10-12H,1,5,8-9H2,(H3,22,24,25). The lowest BCUT2D eigenvalue weighted by Gasteiger charge is -2.13. The van der Waals surface area contributed by atoms with Gasteiger partial charge in [-0.05, 0) is 35.7 Å². The van der Waals surface area contributed by atoms with Crippen LogP contribution in [-0.2, 0) is 6.42 Å². The second-order valence-electron chi connectivity index (χ2n) is 5.35. The summed E-state index contributed by atoms with van der Waals surface area (Å²) < 4.78 is 11.4. The van der Waals surface area contributed by atoms with Crippen molar-refractivity contribution in [1.29, 1.82) is 0 Å². The highest BCUT2D eigenvalue weighted by atomic mass is 35.5. The Morgan fingerprint density at radius 1 is 1.19 bits per heavy atom. The molecule has 0 spiro atoms. The second-order valence-corrected chi connectivity index (χ2v) is 6.16. The Kier molecular flexibility index (Phi) is 7.98. The van der Waals surface area contributed by atoms with Crippen LogP contribution in [0.2, 0.25) is 10.0 Å². The van der Waals surface area contributed by atoms with E-state index in [0.717, 1.165) is 17.7 Å². The number of primary amides is 1. The molecule has 0 saturated heterocycles. The molecule has 0 aliphatic heterocycles. The fraction of sp³-hybridized carbons (Fsp3) is 0.158. The van der Waals surface area contributed by atoms with Crippen molar-refractivity contribution in [2.24, 2.45) is 10.8 Å². The Labute approximate surface area is 167 Å². The fourth-order valence-electron chi connectivity index (χ4n) is 2.23. The normalized spacial score (nSPS) is 10.6. The first-order valence-electron chi connectivity index (χ1n) is 8.03. The van der Waals surface area contributed by atoms with Gasteiger partial charge < -0.3 is 15.2 Å². The van der Waals surface area contributed by atoms with Crippen LogP contribution in [0.1, 0.15) is 11.1 Å². The third kappa shape index (κ3) is 6.51. The summed E-state index contributed by atoms with van der Waals surface area (Å²) in [5.74, 6) is 1.13. The Morgan fingerprint density at radius 3 is 2.52 bits per heavy atom. The number of hydrazone groups is 1. The van der Waals surface area contributed by atoms with E-state index in [4.69, 9.17) is 38.4 Å². The maximum atomic E-state index is 10.6. The second kappa shape index (κ2) is 10.4. The lowest BCUT2D eigenvalue weighted by atomic mass is 10.1. The van der Waals surface area contributed by atoms with E-state index >= 15 is 0 Å². The van der Waals surface area contributed by atoms with Gasteiger partial charge in [-0.2, -0.15) is 5.10 Å². The molecule has 2 aromatic carbocycles. The molecular formula is C19H19Cl2N3O3. The molecule has 3 N–H and O–H groups in total. The highest BCUT2D eigenvalue weighted by Gasteiger charge is 2.10. The van der Waals surface area contributed by atoms with E-state index in [1.165, 1.54) is 6.21 Å². The summed E-state index contributed by atoms with van der Waals surface area (Å²) in [6, 6.07) is 10.2. The molecule has 0 unspecified atom stereocenters. The smallest absolute Gasteiger partial charge is 0.332 e.